The van der Waals surface area contributed by atoms with Gasteiger partial charge in [-0.1, -0.05) is 26.0 Å². The number of para-hydroxylation sites is 1. The van der Waals surface area contributed by atoms with Crippen molar-refractivity contribution in [3.8, 4) is 0 Å². The molecule has 1 aromatic carbocycles. The number of carbonyl (C=O) groups is 2. The zero-order valence-corrected chi connectivity index (χ0v) is 14.4. The highest BCUT2D eigenvalue weighted by Gasteiger charge is 2.61. The second-order valence-electron chi connectivity index (χ2n) is 6.07. The molecule has 3 rings (SSSR count). The van der Waals surface area contributed by atoms with E-state index in [0.717, 1.165) is 0 Å². The molecule has 0 amide bonds. The van der Waals surface area contributed by atoms with Crippen LogP contribution in [-0.2, 0) is 19.1 Å². The number of hydrogen-bond acceptors (Lipinski definition) is 7. The van der Waals surface area contributed by atoms with E-state index in [4.69, 9.17) is 9.47 Å². The Bertz CT molecular complexity index is 883. The lowest BCUT2D eigenvalue weighted by Crippen LogP contribution is -2.37. The lowest BCUT2D eigenvalue weighted by molar-refractivity contribution is -0.144. The maximum atomic E-state index is 13.0. The number of methoxy groups -OCH3 is 2. The molecule has 0 unspecified atom stereocenters. The molecule has 1 fully saturated rings. The van der Waals surface area contributed by atoms with Crippen molar-refractivity contribution in [1.82, 2.24) is 9.66 Å². The fraction of sp³-hybridized carbons (Fsp3) is 0.412. The highest BCUT2D eigenvalue weighted by atomic mass is 16.5. The third-order valence-electron chi connectivity index (χ3n) is 4.19. The molecule has 1 saturated heterocycles. The lowest BCUT2D eigenvalue weighted by atomic mass is 10.2. The summed E-state index contributed by atoms with van der Waals surface area (Å²) in [6.45, 7) is 3.77. The summed E-state index contributed by atoms with van der Waals surface area (Å²) >= 11 is 0. The molecule has 0 N–H and O–H groups in total. The minimum Gasteiger partial charge on any atom is -0.467 e. The number of benzene rings is 1. The molecule has 0 spiro atoms. The smallest absolute Gasteiger partial charge is 0.333 e. The van der Waals surface area contributed by atoms with Crippen LogP contribution in [-0.4, -0.2) is 47.9 Å². The molecule has 2 aromatic rings. The first-order chi connectivity index (χ1) is 11.9. The number of ether oxygens (including phenoxy) is 2. The Hall–Kier alpha value is -2.90. The van der Waals surface area contributed by atoms with Crippen LogP contribution in [0.2, 0.25) is 0 Å². The SMILES string of the molecule is COC(=O)[C@H]1[C@H](C(=O)OC)N1n1c(C(C)C)nc2ccccc2c1=O. The topological polar surface area (TPSA) is 90.5 Å². The number of rotatable bonds is 4. The number of carbonyl (C=O) groups excluding carboxylic acids is 2. The highest BCUT2D eigenvalue weighted by molar-refractivity contribution is 5.97. The van der Waals surface area contributed by atoms with Crippen LogP contribution < -0.4 is 10.6 Å². The van der Waals surface area contributed by atoms with Gasteiger partial charge in [0.15, 0.2) is 12.1 Å². The molecular weight excluding hydrogens is 326 g/mol. The van der Waals surface area contributed by atoms with E-state index in [1.54, 1.807) is 24.3 Å². The largest absolute Gasteiger partial charge is 0.467 e. The fourth-order valence-electron chi connectivity index (χ4n) is 2.92. The van der Waals surface area contributed by atoms with Crippen LogP contribution in [0.5, 0.6) is 0 Å². The molecule has 1 aliphatic heterocycles. The Morgan fingerprint density at radius 3 is 2.16 bits per heavy atom. The van der Waals surface area contributed by atoms with Gasteiger partial charge in [0.2, 0.25) is 0 Å². The van der Waals surface area contributed by atoms with Gasteiger partial charge in [0.1, 0.15) is 5.82 Å². The van der Waals surface area contributed by atoms with Crippen LogP contribution in [0.25, 0.3) is 10.9 Å². The van der Waals surface area contributed by atoms with Crippen molar-refractivity contribution in [1.29, 1.82) is 0 Å². The molecule has 2 atom stereocenters. The Balaban J connectivity index is 2.21. The van der Waals surface area contributed by atoms with Gasteiger partial charge in [-0.3, -0.25) is 9.80 Å². The van der Waals surface area contributed by atoms with Gasteiger partial charge in [-0.15, -0.1) is 0 Å². The Morgan fingerprint density at radius 2 is 1.64 bits per heavy atom. The summed E-state index contributed by atoms with van der Waals surface area (Å²) in [4.78, 5) is 41.7. The number of nitrogens with zero attached hydrogens (tertiary/aromatic N) is 3. The van der Waals surface area contributed by atoms with Crippen molar-refractivity contribution in [2.45, 2.75) is 31.8 Å². The standard InChI is InChI=1S/C17H19N3O5/c1-9(2)14-18-11-8-6-5-7-10(11)15(21)20(14)19-12(16(22)24-3)13(19)17(23)25-4/h5-9,12-13H,1-4H3/t12-,13-/m1/s1. The van der Waals surface area contributed by atoms with Crippen molar-refractivity contribution in [3.63, 3.8) is 0 Å². The maximum absolute atomic E-state index is 13.0. The average molecular weight is 345 g/mol. The average Bonchev–Trinajstić information content (AvgIpc) is 3.35. The normalized spacial score (nSPS) is 19.2. The van der Waals surface area contributed by atoms with E-state index in [9.17, 15) is 14.4 Å². The maximum Gasteiger partial charge on any atom is 0.333 e. The third kappa shape index (κ3) is 2.63. The van der Waals surface area contributed by atoms with Crippen molar-refractivity contribution < 1.29 is 19.1 Å². The summed E-state index contributed by atoms with van der Waals surface area (Å²) in [5.74, 6) is -0.853. The van der Waals surface area contributed by atoms with E-state index in [0.29, 0.717) is 16.7 Å². The van der Waals surface area contributed by atoms with E-state index in [2.05, 4.69) is 4.98 Å². The van der Waals surface area contributed by atoms with Crippen LogP contribution >= 0.6 is 0 Å². The van der Waals surface area contributed by atoms with Gasteiger partial charge < -0.3 is 9.47 Å². The zero-order chi connectivity index (χ0) is 18.3. The molecule has 1 aliphatic rings. The number of esters is 2. The van der Waals surface area contributed by atoms with Gasteiger partial charge in [0.05, 0.1) is 25.1 Å². The molecule has 0 radical (unpaired) electrons. The minimum absolute atomic E-state index is 0.102. The van der Waals surface area contributed by atoms with Crippen molar-refractivity contribution >= 4 is 22.8 Å². The molecule has 8 heteroatoms. The Kier molecular flexibility index (Phi) is 4.20. The number of fused-ring (bicyclic) bond motifs is 1. The van der Waals surface area contributed by atoms with Crippen molar-refractivity contribution in [2.75, 3.05) is 19.2 Å². The molecule has 25 heavy (non-hydrogen) atoms. The predicted octanol–water partition coefficient (Wildman–Crippen LogP) is 0.555. The molecule has 132 valence electrons. The van der Waals surface area contributed by atoms with Crippen LogP contribution in [0.15, 0.2) is 29.1 Å². The predicted molar refractivity (Wildman–Crippen MR) is 89.9 cm³/mol. The van der Waals surface area contributed by atoms with E-state index < -0.39 is 24.0 Å². The second kappa shape index (κ2) is 6.19. The van der Waals surface area contributed by atoms with Gasteiger partial charge in [-0.05, 0) is 12.1 Å². The third-order valence-corrected chi connectivity index (χ3v) is 4.19. The molecule has 0 aliphatic carbocycles. The summed E-state index contributed by atoms with van der Waals surface area (Å²) < 4.78 is 10.8. The number of hydrogen-bond donors (Lipinski definition) is 0. The van der Waals surface area contributed by atoms with Crippen LogP contribution in [0, 0.1) is 0 Å². The van der Waals surface area contributed by atoms with Gasteiger partial charge in [-0.2, -0.15) is 0 Å². The first-order valence-electron chi connectivity index (χ1n) is 7.88. The lowest BCUT2D eigenvalue weighted by Gasteiger charge is -2.18. The summed E-state index contributed by atoms with van der Waals surface area (Å²) in [5.41, 5.74) is 0.230. The van der Waals surface area contributed by atoms with E-state index in [1.165, 1.54) is 23.9 Å². The van der Waals surface area contributed by atoms with Gasteiger partial charge in [0.25, 0.3) is 5.56 Å². The highest BCUT2D eigenvalue weighted by Crippen LogP contribution is 2.30. The summed E-state index contributed by atoms with van der Waals surface area (Å²) in [6, 6.07) is 5.14. The van der Waals surface area contributed by atoms with Gasteiger partial charge in [-0.25, -0.2) is 19.2 Å². The molecule has 2 heterocycles. The fourth-order valence-corrected chi connectivity index (χ4v) is 2.92. The van der Waals surface area contributed by atoms with Crippen molar-refractivity contribution in [3.05, 3.63) is 40.4 Å². The monoisotopic (exact) mass is 345 g/mol. The molecule has 8 nitrogen and oxygen atoms in total. The first kappa shape index (κ1) is 16.9. The second-order valence-corrected chi connectivity index (χ2v) is 6.07. The molecule has 0 saturated carbocycles. The van der Waals surface area contributed by atoms with Crippen molar-refractivity contribution in [2.24, 2.45) is 0 Å². The summed E-state index contributed by atoms with van der Waals surface area (Å²) in [5, 5.41) is 1.78. The van der Waals surface area contributed by atoms with E-state index in [1.807, 2.05) is 13.8 Å². The van der Waals surface area contributed by atoms with Crippen LogP contribution in [0.1, 0.15) is 25.6 Å². The first-order valence-corrected chi connectivity index (χ1v) is 7.88. The van der Waals surface area contributed by atoms with Crippen LogP contribution in [0.4, 0.5) is 0 Å². The van der Waals surface area contributed by atoms with Gasteiger partial charge >= 0.3 is 11.9 Å². The van der Waals surface area contributed by atoms with E-state index in [-0.39, 0.29) is 11.5 Å². The van der Waals surface area contributed by atoms with Gasteiger partial charge in [0, 0.05) is 5.92 Å². The molecular formula is C17H19N3O5. The number of aromatic nitrogens is 2. The Morgan fingerprint density at radius 1 is 1.08 bits per heavy atom. The van der Waals surface area contributed by atoms with E-state index >= 15 is 0 Å². The Labute approximate surface area is 143 Å². The zero-order valence-electron chi connectivity index (χ0n) is 14.4. The molecule has 1 aromatic heterocycles. The summed E-state index contributed by atoms with van der Waals surface area (Å²) in [7, 11) is 2.47. The summed E-state index contributed by atoms with van der Waals surface area (Å²) in [6.07, 6.45) is 0. The molecule has 0 bridgehead atoms. The quantitative estimate of drug-likeness (QED) is 0.590. The minimum atomic E-state index is -0.907. The van der Waals surface area contributed by atoms with Crippen LogP contribution in [0.3, 0.4) is 0 Å².